The van der Waals surface area contributed by atoms with E-state index in [0.717, 1.165) is 6.20 Å². The molecule has 1 rings (SSSR count). The average molecular weight is 254 g/mol. The van der Waals surface area contributed by atoms with Gasteiger partial charge >= 0.3 is 0 Å². The minimum absolute atomic E-state index is 0.00345. The maximum Gasteiger partial charge on any atom is 0.279 e. The molecule has 0 unspecified atom stereocenters. The van der Waals surface area contributed by atoms with E-state index in [4.69, 9.17) is 0 Å². The highest BCUT2D eigenvalue weighted by Gasteiger charge is 2.16. The van der Waals surface area contributed by atoms with Crippen molar-refractivity contribution in [2.24, 2.45) is 0 Å². The summed E-state index contributed by atoms with van der Waals surface area (Å²) in [6.07, 6.45) is -1.61. The van der Waals surface area contributed by atoms with Crippen LogP contribution in [0.2, 0.25) is 0 Å². The van der Waals surface area contributed by atoms with Crippen molar-refractivity contribution in [1.29, 1.82) is 0 Å². The maximum atomic E-state index is 12.2. The molecule has 0 saturated carbocycles. The molecule has 0 atom stereocenters. The van der Waals surface area contributed by atoms with E-state index in [1.807, 2.05) is 0 Å². The summed E-state index contributed by atoms with van der Waals surface area (Å²) in [4.78, 5) is 13.5. The van der Waals surface area contributed by atoms with Gasteiger partial charge in [-0.15, -0.1) is 0 Å². The highest BCUT2D eigenvalue weighted by atomic mass is 79.9. The second-order valence-electron chi connectivity index (χ2n) is 2.21. The minimum atomic E-state index is -2.71. The summed E-state index contributed by atoms with van der Waals surface area (Å²) in [5.74, 6) is -0.00345. The van der Waals surface area contributed by atoms with E-state index in [1.165, 1.54) is 7.11 Å². The van der Waals surface area contributed by atoms with Gasteiger partial charge in [-0.05, 0) is 15.9 Å². The van der Waals surface area contributed by atoms with Gasteiger partial charge in [0.05, 0.1) is 11.6 Å². The lowest BCUT2D eigenvalue weighted by atomic mass is 10.3. The third kappa shape index (κ3) is 1.88. The lowest BCUT2D eigenvalue weighted by Crippen LogP contribution is -2.10. The lowest BCUT2D eigenvalue weighted by molar-refractivity contribution is 0.145. The quantitative estimate of drug-likeness (QED) is 0.877. The van der Waals surface area contributed by atoms with Crippen LogP contribution in [0.25, 0.3) is 0 Å². The zero-order chi connectivity index (χ0) is 10.0. The van der Waals surface area contributed by atoms with Gasteiger partial charge in [-0.25, -0.2) is 8.78 Å². The molecule has 13 heavy (non-hydrogen) atoms. The van der Waals surface area contributed by atoms with E-state index < -0.39 is 17.5 Å². The standard InChI is InChI=1S/C7H6BrF2NO2/c1-13-3-2-11-5(7(9)10)4(8)6(3)12/h2,7H,1H3,(H,11,12). The Morgan fingerprint density at radius 2 is 2.23 bits per heavy atom. The van der Waals surface area contributed by atoms with Crippen molar-refractivity contribution < 1.29 is 13.5 Å². The molecule has 0 saturated heterocycles. The fourth-order valence-corrected chi connectivity index (χ4v) is 1.30. The molecule has 1 aromatic rings. The van der Waals surface area contributed by atoms with Gasteiger partial charge in [0.2, 0.25) is 5.43 Å². The number of rotatable bonds is 2. The summed E-state index contributed by atoms with van der Waals surface area (Å²) in [6, 6.07) is 0. The summed E-state index contributed by atoms with van der Waals surface area (Å²) in [7, 11) is 1.29. The molecule has 1 aromatic heterocycles. The molecule has 0 aliphatic carbocycles. The van der Waals surface area contributed by atoms with Crippen molar-refractivity contribution in [2.75, 3.05) is 7.11 Å². The summed E-state index contributed by atoms with van der Waals surface area (Å²) < 4.78 is 28.9. The van der Waals surface area contributed by atoms with Crippen molar-refractivity contribution >= 4 is 15.9 Å². The zero-order valence-electron chi connectivity index (χ0n) is 6.61. The number of H-pyrrole nitrogens is 1. The Hall–Kier alpha value is -0.910. The van der Waals surface area contributed by atoms with Crippen LogP contribution >= 0.6 is 15.9 Å². The predicted molar refractivity (Wildman–Crippen MR) is 46.3 cm³/mol. The molecule has 0 fully saturated rings. The zero-order valence-corrected chi connectivity index (χ0v) is 8.19. The van der Waals surface area contributed by atoms with Crippen LogP contribution in [0.15, 0.2) is 15.5 Å². The van der Waals surface area contributed by atoms with Crippen LogP contribution in [-0.2, 0) is 0 Å². The van der Waals surface area contributed by atoms with E-state index in [-0.39, 0.29) is 10.2 Å². The van der Waals surface area contributed by atoms with Crippen molar-refractivity contribution in [3.05, 3.63) is 26.6 Å². The highest BCUT2D eigenvalue weighted by molar-refractivity contribution is 9.10. The second kappa shape index (κ2) is 3.87. The topological polar surface area (TPSA) is 42.1 Å². The molecule has 0 amide bonds. The number of aromatic nitrogens is 1. The first-order valence-electron chi connectivity index (χ1n) is 3.31. The van der Waals surface area contributed by atoms with Gasteiger partial charge in [-0.1, -0.05) is 0 Å². The molecule has 6 heteroatoms. The van der Waals surface area contributed by atoms with Gasteiger partial charge in [0.15, 0.2) is 5.75 Å². The average Bonchev–Trinajstić information content (AvgIpc) is 2.09. The molecule has 0 radical (unpaired) electrons. The number of halogens is 3. The van der Waals surface area contributed by atoms with Crippen LogP contribution in [0.4, 0.5) is 8.78 Å². The number of ether oxygens (including phenoxy) is 1. The Morgan fingerprint density at radius 1 is 1.62 bits per heavy atom. The molecule has 0 aliphatic rings. The Morgan fingerprint density at radius 3 is 2.69 bits per heavy atom. The lowest BCUT2D eigenvalue weighted by Gasteiger charge is -2.04. The summed E-state index contributed by atoms with van der Waals surface area (Å²) in [5.41, 5.74) is -1.03. The first kappa shape index (κ1) is 10.2. The largest absolute Gasteiger partial charge is 0.491 e. The molecule has 0 bridgehead atoms. The molecular formula is C7H6BrF2NO2. The van der Waals surface area contributed by atoms with Crippen molar-refractivity contribution in [2.45, 2.75) is 6.43 Å². The van der Waals surface area contributed by atoms with Crippen LogP contribution in [0.5, 0.6) is 5.75 Å². The van der Waals surface area contributed by atoms with Gasteiger partial charge in [0.25, 0.3) is 6.43 Å². The van der Waals surface area contributed by atoms with Crippen LogP contribution < -0.4 is 10.2 Å². The maximum absolute atomic E-state index is 12.2. The molecular weight excluding hydrogens is 248 g/mol. The van der Waals surface area contributed by atoms with Crippen LogP contribution in [0.1, 0.15) is 12.1 Å². The number of alkyl halides is 2. The molecule has 3 nitrogen and oxygen atoms in total. The monoisotopic (exact) mass is 253 g/mol. The third-order valence-electron chi connectivity index (χ3n) is 1.46. The Balaban J connectivity index is 3.32. The van der Waals surface area contributed by atoms with E-state index in [0.29, 0.717) is 0 Å². The number of pyridine rings is 1. The van der Waals surface area contributed by atoms with E-state index in [9.17, 15) is 13.6 Å². The Labute approximate surface area is 80.9 Å². The van der Waals surface area contributed by atoms with Gasteiger partial charge in [0.1, 0.15) is 5.69 Å². The first-order chi connectivity index (χ1) is 6.07. The van der Waals surface area contributed by atoms with Crippen molar-refractivity contribution in [1.82, 2.24) is 4.98 Å². The number of nitrogens with one attached hydrogen (secondary N) is 1. The summed E-state index contributed by atoms with van der Waals surface area (Å²) in [5, 5.41) is 0. The second-order valence-corrected chi connectivity index (χ2v) is 3.01. The van der Waals surface area contributed by atoms with Crippen LogP contribution in [0.3, 0.4) is 0 Å². The van der Waals surface area contributed by atoms with Gasteiger partial charge in [-0.3, -0.25) is 4.79 Å². The smallest absolute Gasteiger partial charge is 0.279 e. The van der Waals surface area contributed by atoms with E-state index in [2.05, 4.69) is 25.7 Å². The number of hydrogen-bond acceptors (Lipinski definition) is 2. The molecule has 1 N–H and O–H groups in total. The van der Waals surface area contributed by atoms with Gasteiger partial charge in [0, 0.05) is 6.20 Å². The normalized spacial score (nSPS) is 10.5. The Kier molecular flexibility index (Phi) is 3.02. The Bertz CT molecular complexity index is 364. The van der Waals surface area contributed by atoms with Gasteiger partial charge < -0.3 is 9.72 Å². The van der Waals surface area contributed by atoms with Gasteiger partial charge in [-0.2, -0.15) is 0 Å². The fourth-order valence-electron chi connectivity index (χ4n) is 0.813. The van der Waals surface area contributed by atoms with Crippen molar-refractivity contribution in [3.63, 3.8) is 0 Å². The molecule has 72 valence electrons. The number of hydrogen-bond donors (Lipinski definition) is 1. The molecule has 1 heterocycles. The summed E-state index contributed by atoms with van der Waals surface area (Å²) in [6.45, 7) is 0. The highest BCUT2D eigenvalue weighted by Crippen LogP contribution is 2.23. The van der Waals surface area contributed by atoms with Crippen LogP contribution in [0, 0.1) is 0 Å². The predicted octanol–water partition coefficient (Wildman–Crippen LogP) is 2.08. The molecule has 0 aromatic carbocycles. The SMILES string of the molecule is COc1c[nH]c(C(F)F)c(Br)c1=O. The molecule has 0 aliphatic heterocycles. The van der Waals surface area contributed by atoms with E-state index in [1.54, 1.807) is 0 Å². The third-order valence-corrected chi connectivity index (χ3v) is 2.24. The fraction of sp³-hybridized carbons (Fsp3) is 0.286. The number of aromatic amines is 1. The molecule has 0 spiro atoms. The first-order valence-corrected chi connectivity index (χ1v) is 4.10. The van der Waals surface area contributed by atoms with E-state index >= 15 is 0 Å². The van der Waals surface area contributed by atoms with Crippen LogP contribution in [-0.4, -0.2) is 12.1 Å². The number of methoxy groups -OCH3 is 1. The van der Waals surface area contributed by atoms with Crippen molar-refractivity contribution in [3.8, 4) is 5.75 Å². The summed E-state index contributed by atoms with van der Waals surface area (Å²) >= 11 is 2.77. The minimum Gasteiger partial charge on any atom is -0.491 e.